The molecule has 0 aromatic carbocycles. The second kappa shape index (κ2) is 6.12. The average molecular weight is 282 g/mol. The number of hydrogen-bond acceptors (Lipinski definition) is 3. The molecule has 20 heavy (non-hydrogen) atoms. The highest BCUT2D eigenvalue weighted by Crippen LogP contribution is 2.32. The molecule has 5 heteroatoms. The summed E-state index contributed by atoms with van der Waals surface area (Å²) in [7, 11) is 0. The van der Waals surface area contributed by atoms with Gasteiger partial charge < -0.3 is 15.7 Å². The van der Waals surface area contributed by atoms with Crippen LogP contribution in [0.2, 0.25) is 0 Å². The molecule has 0 aromatic rings. The molecule has 1 saturated carbocycles. The van der Waals surface area contributed by atoms with Gasteiger partial charge in [0.05, 0.1) is 6.04 Å². The van der Waals surface area contributed by atoms with Crippen molar-refractivity contribution in [3.63, 3.8) is 0 Å². The lowest BCUT2D eigenvalue weighted by Crippen LogP contribution is -2.60. The number of carboxylic acid groups (broad SMARTS) is 1. The summed E-state index contributed by atoms with van der Waals surface area (Å²) >= 11 is 0. The van der Waals surface area contributed by atoms with Crippen LogP contribution in [0.4, 0.5) is 0 Å². The Bertz CT molecular complexity index is 375. The quantitative estimate of drug-likeness (QED) is 0.733. The number of hydrogen-bond donors (Lipinski definition) is 3. The second-order valence-corrected chi connectivity index (χ2v) is 6.70. The molecular formula is C15H26N2O3. The lowest BCUT2D eigenvalue weighted by molar-refractivity contribution is -0.150. The van der Waals surface area contributed by atoms with Crippen molar-refractivity contribution in [1.82, 2.24) is 10.6 Å². The topological polar surface area (TPSA) is 78.4 Å². The Balaban J connectivity index is 2.01. The maximum Gasteiger partial charge on any atom is 0.329 e. The smallest absolute Gasteiger partial charge is 0.329 e. The van der Waals surface area contributed by atoms with Crippen LogP contribution in [0.15, 0.2) is 0 Å². The Morgan fingerprint density at radius 2 is 1.80 bits per heavy atom. The summed E-state index contributed by atoms with van der Waals surface area (Å²) in [5, 5.41) is 15.6. The van der Waals surface area contributed by atoms with Crippen molar-refractivity contribution in [1.29, 1.82) is 0 Å². The second-order valence-electron chi connectivity index (χ2n) is 6.70. The van der Waals surface area contributed by atoms with Crippen molar-refractivity contribution in [2.75, 3.05) is 6.54 Å². The highest BCUT2D eigenvalue weighted by molar-refractivity contribution is 5.89. The van der Waals surface area contributed by atoms with Crippen molar-refractivity contribution >= 4 is 11.9 Å². The SMILES string of the molecule is CC1CCC(NC(=O)C2CC(C)CCN2)(C(=O)O)CC1. The largest absolute Gasteiger partial charge is 0.480 e. The first-order valence-corrected chi connectivity index (χ1v) is 7.72. The number of aliphatic carboxylic acids is 1. The van der Waals surface area contributed by atoms with Crippen molar-refractivity contribution in [3.05, 3.63) is 0 Å². The lowest BCUT2D eigenvalue weighted by atomic mass is 9.77. The molecule has 1 saturated heterocycles. The highest BCUT2D eigenvalue weighted by atomic mass is 16.4. The van der Waals surface area contributed by atoms with Crippen LogP contribution in [0, 0.1) is 11.8 Å². The summed E-state index contributed by atoms with van der Waals surface area (Å²) in [5.41, 5.74) is -1.05. The van der Waals surface area contributed by atoms with E-state index in [1.54, 1.807) is 0 Å². The van der Waals surface area contributed by atoms with Gasteiger partial charge in [0, 0.05) is 0 Å². The maximum atomic E-state index is 12.4. The summed E-state index contributed by atoms with van der Waals surface area (Å²) in [6.45, 7) is 5.10. The fourth-order valence-electron chi connectivity index (χ4n) is 3.28. The van der Waals surface area contributed by atoms with Gasteiger partial charge in [0.25, 0.3) is 0 Å². The van der Waals surface area contributed by atoms with Gasteiger partial charge >= 0.3 is 5.97 Å². The van der Waals surface area contributed by atoms with Crippen LogP contribution < -0.4 is 10.6 Å². The normalized spacial score (nSPS) is 38.2. The molecule has 2 fully saturated rings. The Morgan fingerprint density at radius 3 is 2.35 bits per heavy atom. The van der Waals surface area contributed by atoms with Crippen molar-refractivity contribution in [2.45, 2.75) is 64.0 Å². The molecule has 1 amide bonds. The molecule has 0 bridgehead atoms. The molecule has 0 spiro atoms. The van der Waals surface area contributed by atoms with Gasteiger partial charge in [0.1, 0.15) is 5.54 Å². The Labute approximate surface area is 120 Å². The van der Waals surface area contributed by atoms with Gasteiger partial charge in [-0.05, 0) is 56.9 Å². The first kappa shape index (κ1) is 15.3. The molecule has 114 valence electrons. The van der Waals surface area contributed by atoms with E-state index in [1.165, 1.54) is 0 Å². The monoisotopic (exact) mass is 282 g/mol. The number of rotatable bonds is 3. The number of carbonyl (C=O) groups excluding carboxylic acids is 1. The molecule has 1 aliphatic carbocycles. The van der Waals surface area contributed by atoms with Gasteiger partial charge in [-0.25, -0.2) is 4.79 Å². The number of carbonyl (C=O) groups is 2. The fraction of sp³-hybridized carbons (Fsp3) is 0.867. The molecule has 2 aliphatic rings. The first-order valence-electron chi connectivity index (χ1n) is 7.72. The standard InChI is InChI=1S/C15H26N2O3/c1-10-3-6-15(7-4-10,14(19)20)17-13(18)12-9-11(2)5-8-16-12/h10-12,16H,3-9H2,1-2H3,(H,17,18)(H,19,20). The van der Waals surface area contributed by atoms with E-state index in [9.17, 15) is 14.7 Å². The summed E-state index contributed by atoms with van der Waals surface area (Å²) < 4.78 is 0. The lowest BCUT2D eigenvalue weighted by Gasteiger charge is -2.38. The summed E-state index contributed by atoms with van der Waals surface area (Å²) in [6.07, 6.45) is 4.67. The molecule has 2 atom stereocenters. The molecule has 1 heterocycles. The van der Waals surface area contributed by atoms with Crippen LogP contribution in [0.25, 0.3) is 0 Å². The highest BCUT2D eigenvalue weighted by Gasteiger charge is 2.43. The molecule has 0 aromatic heterocycles. The van der Waals surface area contributed by atoms with Crippen LogP contribution in [-0.2, 0) is 9.59 Å². The third kappa shape index (κ3) is 3.32. The Hall–Kier alpha value is -1.10. The molecule has 2 rings (SSSR count). The van der Waals surface area contributed by atoms with Gasteiger partial charge in [-0.3, -0.25) is 4.79 Å². The van der Waals surface area contributed by atoms with Gasteiger partial charge in [-0.15, -0.1) is 0 Å². The summed E-state index contributed by atoms with van der Waals surface area (Å²) in [6, 6.07) is -0.241. The van der Waals surface area contributed by atoms with E-state index in [4.69, 9.17) is 0 Å². The van der Waals surface area contributed by atoms with E-state index in [2.05, 4.69) is 24.5 Å². The predicted octanol–water partition coefficient (Wildman–Crippen LogP) is 1.52. The number of amides is 1. The molecule has 0 radical (unpaired) electrons. The Morgan fingerprint density at radius 1 is 1.15 bits per heavy atom. The van der Waals surface area contributed by atoms with Gasteiger partial charge in [-0.2, -0.15) is 0 Å². The molecule has 2 unspecified atom stereocenters. The van der Waals surface area contributed by atoms with Gasteiger partial charge in [0.15, 0.2) is 0 Å². The van der Waals surface area contributed by atoms with E-state index >= 15 is 0 Å². The van der Waals surface area contributed by atoms with Crippen molar-refractivity contribution in [3.8, 4) is 0 Å². The minimum Gasteiger partial charge on any atom is -0.480 e. The van der Waals surface area contributed by atoms with Crippen LogP contribution >= 0.6 is 0 Å². The predicted molar refractivity (Wildman–Crippen MR) is 76.3 cm³/mol. The van der Waals surface area contributed by atoms with E-state index in [1.807, 2.05) is 0 Å². The van der Waals surface area contributed by atoms with Gasteiger partial charge in [0.2, 0.25) is 5.91 Å². The minimum absolute atomic E-state index is 0.145. The van der Waals surface area contributed by atoms with Crippen LogP contribution in [0.3, 0.4) is 0 Å². The van der Waals surface area contributed by atoms with E-state index in [0.717, 1.165) is 32.2 Å². The van der Waals surface area contributed by atoms with Crippen LogP contribution in [0.1, 0.15) is 52.4 Å². The number of carboxylic acids is 1. The molecule has 5 nitrogen and oxygen atoms in total. The van der Waals surface area contributed by atoms with E-state index in [-0.39, 0.29) is 11.9 Å². The van der Waals surface area contributed by atoms with E-state index in [0.29, 0.717) is 24.7 Å². The zero-order valence-corrected chi connectivity index (χ0v) is 12.4. The zero-order chi connectivity index (χ0) is 14.8. The van der Waals surface area contributed by atoms with Crippen molar-refractivity contribution < 1.29 is 14.7 Å². The van der Waals surface area contributed by atoms with E-state index < -0.39 is 11.5 Å². The molecule has 1 aliphatic heterocycles. The first-order chi connectivity index (χ1) is 9.43. The van der Waals surface area contributed by atoms with Crippen LogP contribution in [-0.4, -0.2) is 35.1 Å². The average Bonchev–Trinajstić information content (AvgIpc) is 2.41. The number of piperidine rings is 1. The molecule has 3 N–H and O–H groups in total. The Kier molecular flexibility index (Phi) is 4.68. The minimum atomic E-state index is -1.05. The van der Waals surface area contributed by atoms with Crippen LogP contribution in [0.5, 0.6) is 0 Å². The zero-order valence-electron chi connectivity index (χ0n) is 12.4. The summed E-state index contributed by atoms with van der Waals surface area (Å²) in [5.74, 6) is 0.0291. The summed E-state index contributed by atoms with van der Waals surface area (Å²) in [4.78, 5) is 24.0. The third-order valence-corrected chi connectivity index (χ3v) is 4.88. The molecular weight excluding hydrogens is 256 g/mol. The maximum absolute atomic E-state index is 12.4. The van der Waals surface area contributed by atoms with Crippen molar-refractivity contribution in [2.24, 2.45) is 11.8 Å². The number of nitrogens with one attached hydrogen (secondary N) is 2. The fourth-order valence-corrected chi connectivity index (χ4v) is 3.28. The third-order valence-electron chi connectivity index (χ3n) is 4.88. The van der Waals surface area contributed by atoms with Gasteiger partial charge in [-0.1, -0.05) is 13.8 Å².